The number of ether oxygens (including phenoxy) is 1. The average molecular weight is 389 g/mol. The molecule has 2 aliphatic heterocycles. The molecular weight excluding hydrogens is 362 g/mol. The molecule has 5 nitrogen and oxygen atoms in total. The largest absolute Gasteiger partial charge is 0.381 e. The van der Waals surface area contributed by atoms with Crippen LogP contribution in [0.15, 0.2) is 65.2 Å². The first-order valence-electron chi connectivity index (χ1n) is 10.6. The van der Waals surface area contributed by atoms with Crippen molar-refractivity contribution in [3.8, 4) is 0 Å². The third-order valence-corrected chi connectivity index (χ3v) is 6.43. The molecule has 0 amide bonds. The normalized spacial score (nSPS) is 22.0. The highest BCUT2D eigenvalue weighted by Gasteiger charge is 2.43. The summed E-state index contributed by atoms with van der Waals surface area (Å²) >= 11 is 0. The Morgan fingerprint density at radius 2 is 1.69 bits per heavy atom. The summed E-state index contributed by atoms with van der Waals surface area (Å²) in [5.41, 5.74) is 2.43. The predicted molar refractivity (Wildman–Crippen MR) is 111 cm³/mol. The molecule has 3 aromatic rings. The molecule has 2 aliphatic rings. The van der Waals surface area contributed by atoms with E-state index in [9.17, 15) is 0 Å². The van der Waals surface area contributed by atoms with Gasteiger partial charge in [-0.05, 0) is 43.5 Å². The molecule has 1 aromatic heterocycles. The maximum atomic E-state index is 5.89. The molecule has 2 aromatic carbocycles. The number of hydrogen-bond donors (Lipinski definition) is 0. The van der Waals surface area contributed by atoms with Crippen LogP contribution in [0.1, 0.15) is 48.0 Å². The highest BCUT2D eigenvalue weighted by atomic mass is 16.5. The fourth-order valence-electron chi connectivity index (χ4n) is 4.65. The lowest BCUT2D eigenvalue weighted by Gasteiger charge is -2.39. The lowest BCUT2D eigenvalue weighted by Crippen LogP contribution is -2.43. The molecule has 2 saturated heterocycles. The monoisotopic (exact) mass is 389 g/mol. The molecule has 0 radical (unpaired) electrons. The van der Waals surface area contributed by atoms with Crippen LogP contribution in [0, 0.1) is 0 Å². The van der Waals surface area contributed by atoms with Crippen molar-refractivity contribution in [1.82, 2.24) is 15.0 Å². The molecule has 0 aliphatic carbocycles. The number of aromatic nitrogens is 2. The quantitative estimate of drug-likeness (QED) is 0.656. The van der Waals surface area contributed by atoms with Crippen LogP contribution in [0.3, 0.4) is 0 Å². The van der Waals surface area contributed by atoms with Crippen LogP contribution in [0.4, 0.5) is 0 Å². The van der Waals surface area contributed by atoms with Gasteiger partial charge in [0.05, 0.1) is 12.0 Å². The van der Waals surface area contributed by atoms with Gasteiger partial charge >= 0.3 is 0 Å². The number of rotatable bonds is 5. The van der Waals surface area contributed by atoms with Crippen LogP contribution in [0.5, 0.6) is 0 Å². The van der Waals surface area contributed by atoms with Gasteiger partial charge in [0, 0.05) is 19.1 Å². The summed E-state index contributed by atoms with van der Waals surface area (Å²) in [6.07, 6.45) is 2.93. The van der Waals surface area contributed by atoms with Crippen molar-refractivity contribution in [2.24, 2.45) is 0 Å². The number of piperidine rings is 1. The number of benzene rings is 2. The Morgan fingerprint density at radius 1 is 0.966 bits per heavy atom. The van der Waals surface area contributed by atoms with Gasteiger partial charge < -0.3 is 9.26 Å². The molecule has 3 heterocycles. The van der Waals surface area contributed by atoms with E-state index in [0.29, 0.717) is 6.61 Å². The smallest absolute Gasteiger partial charge is 0.237 e. The molecule has 0 N–H and O–H groups in total. The van der Waals surface area contributed by atoms with Crippen LogP contribution in [-0.4, -0.2) is 41.3 Å². The van der Waals surface area contributed by atoms with E-state index < -0.39 is 0 Å². The zero-order chi connectivity index (χ0) is 19.5. The van der Waals surface area contributed by atoms with Gasteiger partial charge in [0.2, 0.25) is 5.89 Å². The topological polar surface area (TPSA) is 51.4 Å². The maximum Gasteiger partial charge on any atom is 0.237 e. The van der Waals surface area contributed by atoms with Crippen molar-refractivity contribution in [3.05, 3.63) is 83.5 Å². The van der Waals surface area contributed by atoms with Crippen LogP contribution in [0.25, 0.3) is 0 Å². The van der Waals surface area contributed by atoms with E-state index in [1.165, 1.54) is 11.1 Å². The third-order valence-electron chi connectivity index (χ3n) is 6.43. The van der Waals surface area contributed by atoms with E-state index in [-0.39, 0.29) is 11.3 Å². The van der Waals surface area contributed by atoms with Crippen LogP contribution >= 0.6 is 0 Å². The fraction of sp³-hybridized carbons (Fsp3) is 0.417. The van der Waals surface area contributed by atoms with Gasteiger partial charge in [-0.25, -0.2) is 0 Å². The summed E-state index contributed by atoms with van der Waals surface area (Å²) in [6.45, 7) is 4.48. The van der Waals surface area contributed by atoms with E-state index >= 15 is 0 Å². The predicted octanol–water partition coefficient (Wildman–Crippen LogP) is 4.16. The summed E-state index contributed by atoms with van der Waals surface area (Å²) in [5, 5.41) is 4.35. The van der Waals surface area contributed by atoms with E-state index in [0.717, 1.165) is 57.2 Å². The van der Waals surface area contributed by atoms with Gasteiger partial charge in [-0.1, -0.05) is 65.8 Å². The van der Waals surface area contributed by atoms with Crippen LogP contribution < -0.4 is 0 Å². The minimum atomic E-state index is -0.209. The van der Waals surface area contributed by atoms with E-state index in [1.54, 1.807) is 0 Å². The first-order valence-corrected chi connectivity index (χ1v) is 10.6. The second kappa shape index (κ2) is 8.09. The Labute approximate surface area is 171 Å². The highest BCUT2D eigenvalue weighted by Crippen LogP contribution is 2.41. The third kappa shape index (κ3) is 3.72. The Morgan fingerprint density at radius 3 is 2.38 bits per heavy atom. The van der Waals surface area contributed by atoms with Crippen molar-refractivity contribution in [3.63, 3.8) is 0 Å². The Kier molecular flexibility index (Phi) is 5.17. The minimum Gasteiger partial charge on any atom is -0.381 e. The minimum absolute atomic E-state index is 0.209. The zero-order valence-electron chi connectivity index (χ0n) is 16.7. The average Bonchev–Trinajstić information content (AvgIpc) is 3.48. The second-order valence-corrected chi connectivity index (χ2v) is 8.23. The molecule has 1 atom stereocenters. The summed E-state index contributed by atoms with van der Waals surface area (Å²) in [5.74, 6) is 1.84. The van der Waals surface area contributed by atoms with Gasteiger partial charge in [-0.2, -0.15) is 4.98 Å². The van der Waals surface area contributed by atoms with Crippen molar-refractivity contribution >= 4 is 0 Å². The molecule has 5 heteroatoms. The van der Waals surface area contributed by atoms with Gasteiger partial charge in [0.1, 0.15) is 0 Å². The second-order valence-electron chi connectivity index (χ2n) is 8.23. The highest BCUT2D eigenvalue weighted by molar-refractivity contribution is 5.33. The van der Waals surface area contributed by atoms with E-state index in [4.69, 9.17) is 14.2 Å². The van der Waals surface area contributed by atoms with Gasteiger partial charge in [0.25, 0.3) is 0 Å². The Hall–Kier alpha value is -2.50. The molecule has 5 rings (SSSR count). The molecular formula is C24H27N3O2. The van der Waals surface area contributed by atoms with Gasteiger partial charge in [0.15, 0.2) is 5.82 Å². The molecule has 150 valence electrons. The maximum absolute atomic E-state index is 5.89. The van der Waals surface area contributed by atoms with Crippen molar-refractivity contribution < 1.29 is 9.26 Å². The molecule has 0 saturated carbocycles. The first-order chi connectivity index (χ1) is 14.3. The summed E-state index contributed by atoms with van der Waals surface area (Å²) in [4.78, 5) is 7.42. The lowest BCUT2D eigenvalue weighted by molar-refractivity contribution is 0.149. The van der Waals surface area contributed by atoms with Crippen molar-refractivity contribution in [2.45, 2.75) is 37.1 Å². The first kappa shape index (κ1) is 18.5. The standard InChI is InChI=1S/C24H27N3O2/c1-3-7-19(8-4-1)17-27-14-12-24(13-15-27,21-9-5-2-6-10-21)23-25-22(26-29-23)20-11-16-28-18-20/h1-10,20H,11-18H2. The molecule has 2 fully saturated rings. The number of likely N-dealkylation sites (tertiary alicyclic amines) is 1. The summed E-state index contributed by atoms with van der Waals surface area (Å²) in [7, 11) is 0. The number of hydrogen-bond acceptors (Lipinski definition) is 5. The molecule has 1 unspecified atom stereocenters. The van der Waals surface area contributed by atoms with Crippen molar-refractivity contribution in [2.75, 3.05) is 26.3 Å². The Bertz CT molecular complexity index is 912. The van der Waals surface area contributed by atoms with E-state index in [1.807, 2.05) is 0 Å². The van der Waals surface area contributed by atoms with Crippen LogP contribution in [0.2, 0.25) is 0 Å². The fourth-order valence-corrected chi connectivity index (χ4v) is 4.65. The zero-order valence-corrected chi connectivity index (χ0v) is 16.7. The number of nitrogens with zero attached hydrogens (tertiary/aromatic N) is 3. The van der Waals surface area contributed by atoms with Crippen LogP contribution in [-0.2, 0) is 16.7 Å². The molecule has 0 spiro atoms. The summed E-state index contributed by atoms with van der Waals surface area (Å²) < 4.78 is 11.4. The summed E-state index contributed by atoms with van der Waals surface area (Å²) in [6, 6.07) is 21.4. The molecule has 29 heavy (non-hydrogen) atoms. The Balaban J connectivity index is 1.40. The van der Waals surface area contributed by atoms with Gasteiger partial charge in [-0.3, -0.25) is 4.90 Å². The van der Waals surface area contributed by atoms with E-state index in [2.05, 4.69) is 70.7 Å². The molecule has 0 bridgehead atoms. The SMILES string of the molecule is c1ccc(CN2CCC(c3ccccc3)(c3nc(C4CCOC4)no3)CC2)cc1. The van der Waals surface area contributed by atoms with Gasteiger partial charge in [-0.15, -0.1) is 0 Å². The lowest BCUT2D eigenvalue weighted by atomic mass is 9.72. The van der Waals surface area contributed by atoms with Crippen molar-refractivity contribution in [1.29, 1.82) is 0 Å².